The molecule has 0 radical (unpaired) electrons. The summed E-state index contributed by atoms with van der Waals surface area (Å²) in [5.41, 5.74) is 3.94. The third kappa shape index (κ3) is 2.75. The van der Waals surface area contributed by atoms with E-state index >= 15 is 0 Å². The molecule has 24 heavy (non-hydrogen) atoms. The second-order valence-electron chi connectivity index (χ2n) is 6.10. The molecular formula is C20H22N2O2. The summed E-state index contributed by atoms with van der Waals surface area (Å²) in [4.78, 5) is 5.20. The fourth-order valence-electron chi connectivity index (χ4n) is 3.25. The van der Waals surface area contributed by atoms with E-state index in [0.29, 0.717) is 6.42 Å². The highest BCUT2D eigenvalue weighted by molar-refractivity contribution is 5.40. The lowest BCUT2D eigenvalue weighted by Crippen LogP contribution is -2.33. The van der Waals surface area contributed by atoms with E-state index in [9.17, 15) is 5.26 Å². The maximum Gasteiger partial charge on any atom is 0.157 e. The van der Waals surface area contributed by atoms with E-state index in [2.05, 4.69) is 5.10 Å². The SMILES string of the molecule is Cc1nn(C)c(C)c1CC(OO)(c1ccccc1)c1ccccc1. The van der Waals surface area contributed by atoms with Crippen molar-refractivity contribution in [2.45, 2.75) is 25.9 Å². The van der Waals surface area contributed by atoms with E-state index in [1.165, 1.54) is 0 Å². The summed E-state index contributed by atoms with van der Waals surface area (Å²) in [6.07, 6.45) is 0.503. The highest BCUT2D eigenvalue weighted by atomic mass is 17.1. The van der Waals surface area contributed by atoms with Gasteiger partial charge in [-0.15, -0.1) is 0 Å². The van der Waals surface area contributed by atoms with Crippen molar-refractivity contribution in [2.24, 2.45) is 7.05 Å². The monoisotopic (exact) mass is 322 g/mol. The first-order valence-electron chi connectivity index (χ1n) is 8.01. The number of benzene rings is 2. The van der Waals surface area contributed by atoms with Gasteiger partial charge < -0.3 is 0 Å². The Labute approximate surface area is 142 Å². The molecule has 0 fully saturated rings. The highest BCUT2D eigenvalue weighted by Crippen LogP contribution is 2.37. The normalized spacial score (nSPS) is 11.7. The zero-order valence-electron chi connectivity index (χ0n) is 14.2. The second kappa shape index (κ2) is 6.59. The summed E-state index contributed by atoms with van der Waals surface area (Å²) in [6.45, 7) is 4.02. The van der Waals surface area contributed by atoms with Gasteiger partial charge in [0, 0.05) is 19.2 Å². The first-order valence-corrected chi connectivity index (χ1v) is 8.01. The van der Waals surface area contributed by atoms with Crippen molar-refractivity contribution in [3.63, 3.8) is 0 Å². The zero-order chi connectivity index (χ0) is 17.2. The maximum absolute atomic E-state index is 10.0. The first kappa shape index (κ1) is 16.4. The van der Waals surface area contributed by atoms with Crippen LogP contribution in [0.1, 0.15) is 28.1 Å². The number of hydrogen-bond acceptors (Lipinski definition) is 3. The molecule has 1 N–H and O–H groups in total. The average molecular weight is 322 g/mol. The largest absolute Gasteiger partial charge is 0.272 e. The Morgan fingerprint density at radius 3 is 1.83 bits per heavy atom. The maximum atomic E-state index is 10.0. The Kier molecular flexibility index (Phi) is 4.51. The molecule has 0 unspecified atom stereocenters. The lowest BCUT2D eigenvalue weighted by molar-refractivity contribution is -0.315. The third-order valence-corrected chi connectivity index (χ3v) is 4.72. The number of aryl methyl sites for hydroxylation is 2. The van der Waals surface area contributed by atoms with Crippen LogP contribution < -0.4 is 0 Å². The Hall–Kier alpha value is -2.43. The molecule has 0 aliphatic rings. The molecule has 124 valence electrons. The van der Waals surface area contributed by atoms with Gasteiger partial charge in [0.1, 0.15) is 0 Å². The van der Waals surface area contributed by atoms with Crippen LogP contribution in [0.5, 0.6) is 0 Å². The summed E-state index contributed by atoms with van der Waals surface area (Å²) in [6, 6.07) is 19.6. The molecule has 4 nitrogen and oxygen atoms in total. The molecule has 3 rings (SSSR count). The molecular weight excluding hydrogens is 300 g/mol. The Morgan fingerprint density at radius 2 is 1.46 bits per heavy atom. The molecule has 3 aromatic rings. The molecule has 0 aliphatic carbocycles. The van der Waals surface area contributed by atoms with Crippen LogP contribution in [0.3, 0.4) is 0 Å². The Bertz CT molecular complexity index is 771. The molecule has 0 amide bonds. The molecule has 0 atom stereocenters. The van der Waals surface area contributed by atoms with Gasteiger partial charge in [0.15, 0.2) is 5.60 Å². The lowest BCUT2D eigenvalue weighted by atomic mass is 9.81. The van der Waals surface area contributed by atoms with E-state index in [-0.39, 0.29) is 0 Å². The molecule has 2 aromatic carbocycles. The summed E-state index contributed by atoms with van der Waals surface area (Å²) < 4.78 is 1.86. The van der Waals surface area contributed by atoms with E-state index in [1.807, 2.05) is 86.2 Å². The fraction of sp³-hybridized carbons (Fsp3) is 0.250. The molecule has 1 heterocycles. The molecule has 0 spiro atoms. The van der Waals surface area contributed by atoms with E-state index in [4.69, 9.17) is 4.89 Å². The summed E-state index contributed by atoms with van der Waals surface area (Å²) >= 11 is 0. The molecule has 0 aliphatic heterocycles. The molecule has 0 saturated carbocycles. The minimum absolute atomic E-state index is 0.503. The van der Waals surface area contributed by atoms with Crippen molar-refractivity contribution < 1.29 is 10.1 Å². The first-order chi connectivity index (χ1) is 11.6. The van der Waals surface area contributed by atoms with Crippen molar-refractivity contribution in [2.75, 3.05) is 0 Å². The van der Waals surface area contributed by atoms with Crippen molar-refractivity contribution in [1.29, 1.82) is 0 Å². The van der Waals surface area contributed by atoms with Crippen LogP contribution >= 0.6 is 0 Å². The molecule has 4 heteroatoms. The predicted octanol–water partition coefficient (Wildman–Crippen LogP) is 4.01. The van der Waals surface area contributed by atoms with Crippen LogP contribution in [0.25, 0.3) is 0 Å². The quantitative estimate of drug-likeness (QED) is 0.570. The fourth-order valence-corrected chi connectivity index (χ4v) is 3.25. The number of hydrogen-bond donors (Lipinski definition) is 1. The third-order valence-electron chi connectivity index (χ3n) is 4.72. The Balaban J connectivity index is 2.19. The number of nitrogens with zero attached hydrogens (tertiary/aromatic N) is 2. The van der Waals surface area contributed by atoms with Crippen LogP contribution in [-0.4, -0.2) is 15.0 Å². The standard InChI is InChI=1S/C20H22N2O2/c1-15-19(16(2)22(3)21-15)14-20(24-23,17-10-6-4-7-11-17)18-12-8-5-9-13-18/h4-13,23H,14H2,1-3H3. The van der Waals surface area contributed by atoms with Crippen LogP contribution in [0, 0.1) is 13.8 Å². The second-order valence-corrected chi connectivity index (χ2v) is 6.10. The summed E-state index contributed by atoms with van der Waals surface area (Å²) in [5.74, 6) is 0. The van der Waals surface area contributed by atoms with Crippen LogP contribution in [-0.2, 0) is 24.0 Å². The van der Waals surface area contributed by atoms with Gasteiger partial charge in [-0.25, -0.2) is 4.89 Å². The van der Waals surface area contributed by atoms with Crippen LogP contribution in [0.15, 0.2) is 60.7 Å². The van der Waals surface area contributed by atoms with Crippen molar-refractivity contribution in [1.82, 2.24) is 9.78 Å². The van der Waals surface area contributed by atoms with Crippen molar-refractivity contribution in [3.8, 4) is 0 Å². The molecule has 0 saturated heterocycles. The summed E-state index contributed by atoms with van der Waals surface area (Å²) in [7, 11) is 1.93. The van der Waals surface area contributed by atoms with E-state index in [0.717, 1.165) is 28.1 Å². The smallest absolute Gasteiger partial charge is 0.157 e. The van der Waals surface area contributed by atoms with Gasteiger partial charge in [-0.05, 0) is 30.5 Å². The number of aromatic nitrogens is 2. The van der Waals surface area contributed by atoms with Gasteiger partial charge in [-0.3, -0.25) is 9.94 Å². The van der Waals surface area contributed by atoms with Crippen molar-refractivity contribution >= 4 is 0 Å². The average Bonchev–Trinajstić information content (AvgIpc) is 2.87. The predicted molar refractivity (Wildman–Crippen MR) is 93.8 cm³/mol. The minimum atomic E-state index is -0.971. The Morgan fingerprint density at radius 1 is 0.958 bits per heavy atom. The lowest BCUT2D eigenvalue weighted by Gasteiger charge is -2.32. The minimum Gasteiger partial charge on any atom is -0.272 e. The van der Waals surface area contributed by atoms with Gasteiger partial charge in [-0.1, -0.05) is 60.7 Å². The van der Waals surface area contributed by atoms with Crippen LogP contribution in [0.4, 0.5) is 0 Å². The topological polar surface area (TPSA) is 47.3 Å². The zero-order valence-corrected chi connectivity index (χ0v) is 14.2. The van der Waals surface area contributed by atoms with Gasteiger partial charge in [0.05, 0.1) is 5.69 Å². The van der Waals surface area contributed by atoms with E-state index < -0.39 is 5.60 Å². The van der Waals surface area contributed by atoms with E-state index in [1.54, 1.807) is 0 Å². The van der Waals surface area contributed by atoms with Gasteiger partial charge >= 0.3 is 0 Å². The van der Waals surface area contributed by atoms with Crippen LogP contribution in [0.2, 0.25) is 0 Å². The van der Waals surface area contributed by atoms with Gasteiger partial charge in [0.2, 0.25) is 0 Å². The summed E-state index contributed by atoms with van der Waals surface area (Å²) in [5, 5.41) is 14.5. The highest BCUT2D eigenvalue weighted by Gasteiger charge is 2.38. The molecule has 1 aromatic heterocycles. The molecule has 0 bridgehead atoms. The van der Waals surface area contributed by atoms with Gasteiger partial charge in [0.25, 0.3) is 0 Å². The number of rotatable bonds is 5. The van der Waals surface area contributed by atoms with Crippen molar-refractivity contribution in [3.05, 3.63) is 88.7 Å². The van der Waals surface area contributed by atoms with Gasteiger partial charge in [-0.2, -0.15) is 5.10 Å².